The number of fused-ring (bicyclic) bond motifs is 1. The van der Waals surface area contributed by atoms with Crippen LogP contribution in [0.25, 0.3) is 10.9 Å². The summed E-state index contributed by atoms with van der Waals surface area (Å²) < 4.78 is 2.12. The second-order valence-corrected chi connectivity index (χ2v) is 9.11. The van der Waals surface area contributed by atoms with Crippen LogP contribution >= 0.6 is 0 Å². The topological polar surface area (TPSA) is 46.0 Å². The third-order valence-corrected chi connectivity index (χ3v) is 6.76. The van der Waals surface area contributed by atoms with Gasteiger partial charge in [-0.05, 0) is 50.8 Å². The Balaban J connectivity index is 1.34. The van der Waals surface area contributed by atoms with Crippen LogP contribution in [0.2, 0.25) is 0 Å². The molecule has 0 amide bonds. The first-order chi connectivity index (χ1) is 16.2. The fraction of sp³-hybridized carbons (Fsp3) is 0.357. The van der Waals surface area contributed by atoms with Crippen molar-refractivity contribution in [3.05, 3.63) is 88.7 Å². The number of anilines is 1. The van der Waals surface area contributed by atoms with Crippen LogP contribution in [-0.2, 0) is 19.6 Å². The molecule has 1 aliphatic rings. The van der Waals surface area contributed by atoms with E-state index in [0.29, 0.717) is 0 Å². The van der Waals surface area contributed by atoms with Gasteiger partial charge in [0, 0.05) is 48.4 Å². The Morgan fingerprint density at radius 1 is 0.879 bits per heavy atom. The summed E-state index contributed by atoms with van der Waals surface area (Å²) in [6.45, 7) is 8.90. The lowest BCUT2D eigenvalue weighted by atomic mass is 10.1. The first-order valence-electron chi connectivity index (χ1n) is 12.1. The quantitative estimate of drug-likeness (QED) is 0.420. The van der Waals surface area contributed by atoms with E-state index >= 15 is 0 Å². The van der Waals surface area contributed by atoms with Crippen molar-refractivity contribution in [2.75, 3.05) is 18.0 Å². The molecule has 2 aromatic heterocycles. The summed E-state index contributed by atoms with van der Waals surface area (Å²) in [5, 5.41) is 9.73. The number of aryl methyl sites for hydroxylation is 1. The third-order valence-electron chi connectivity index (χ3n) is 6.76. The zero-order valence-corrected chi connectivity index (χ0v) is 19.7. The van der Waals surface area contributed by atoms with Crippen LogP contribution in [0.5, 0.6) is 0 Å². The van der Waals surface area contributed by atoms with Gasteiger partial charge >= 0.3 is 0 Å². The molecule has 3 heterocycles. The van der Waals surface area contributed by atoms with Gasteiger partial charge in [-0.15, -0.1) is 0 Å². The molecule has 0 bridgehead atoms. The molecule has 2 aromatic carbocycles. The van der Waals surface area contributed by atoms with Crippen LogP contribution in [0, 0.1) is 13.8 Å². The summed E-state index contributed by atoms with van der Waals surface area (Å²) in [6, 6.07) is 21.3. The van der Waals surface area contributed by atoms with E-state index in [1.165, 1.54) is 47.0 Å². The summed E-state index contributed by atoms with van der Waals surface area (Å²) in [4.78, 5) is 7.55. The van der Waals surface area contributed by atoms with Gasteiger partial charge in [-0.25, -0.2) is 4.98 Å². The number of hydrogen-bond acceptors (Lipinski definition) is 4. The van der Waals surface area contributed by atoms with Gasteiger partial charge in [0.15, 0.2) is 0 Å². The SMILES string of the molecule is Cc1nn(Cc2ccccc2)c(C)c1CNCc1cc2ccccc2nc1N1CCCCC1. The Bertz CT molecular complexity index is 1220. The number of benzene rings is 2. The van der Waals surface area contributed by atoms with Crippen molar-refractivity contribution >= 4 is 16.7 Å². The zero-order valence-electron chi connectivity index (χ0n) is 19.7. The molecular formula is C28H33N5. The highest BCUT2D eigenvalue weighted by Crippen LogP contribution is 2.26. The fourth-order valence-electron chi connectivity index (χ4n) is 4.88. The number of piperidine rings is 1. The molecule has 4 aromatic rings. The molecule has 170 valence electrons. The maximum atomic E-state index is 5.08. The lowest BCUT2D eigenvalue weighted by Gasteiger charge is -2.30. The third kappa shape index (κ3) is 4.79. The van der Waals surface area contributed by atoms with Crippen LogP contribution in [0.1, 0.15) is 47.3 Å². The maximum Gasteiger partial charge on any atom is 0.133 e. The van der Waals surface area contributed by atoms with Crippen LogP contribution in [0.15, 0.2) is 60.7 Å². The summed E-state index contributed by atoms with van der Waals surface area (Å²) in [7, 11) is 0. The number of nitrogens with zero attached hydrogens (tertiary/aromatic N) is 4. The minimum atomic E-state index is 0.798. The monoisotopic (exact) mass is 439 g/mol. The van der Waals surface area contributed by atoms with Crippen LogP contribution in [-0.4, -0.2) is 27.9 Å². The molecule has 1 fully saturated rings. The van der Waals surface area contributed by atoms with Gasteiger partial charge in [-0.1, -0.05) is 48.5 Å². The molecule has 1 N–H and O–H groups in total. The predicted octanol–water partition coefficient (Wildman–Crippen LogP) is 5.38. The molecule has 0 radical (unpaired) electrons. The van der Waals surface area contributed by atoms with Crippen molar-refractivity contribution < 1.29 is 0 Å². The van der Waals surface area contributed by atoms with Gasteiger partial charge < -0.3 is 10.2 Å². The first-order valence-corrected chi connectivity index (χ1v) is 12.1. The number of hydrogen-bond donors (Lipinski definition) is 1. The molecule has 5 nitrogen and oxygen atoms in total. The molecule has 1 saturated heterocycles. The van der Waals surface area contributed by atoms with Crippen LogP contribution in [0.4, 0.5) is 5.82 Å². The fourth-order valence-corrected chi connectivity index (χ4v) is 4.88. The Labute approximate surface area is 196 Å². The van der Waals surface area contributed by atoms with Crippen molar-refractivity contribution in [3.8, 4) is 0 Å². The second-order valence-electron chi connectivity index (χ2n) is 9.11. The van der Waals surface area contributed by atoms with E-state index in [2.05, 4.69) is 89.4 Å². The Hall–Kier alpha value is -3.18. The zero-order chi connectivity index (χ0) is 22.6. The van der Waals surface area contributed by atoms with E-state index in [4.69, 9.17) is 10.1 Å². The summed E-state index contributed by atoms with van der Waals surface area (Å²) in [5.74, 6) is 1.15. The minimum absolute atomic E-state index is 0.798. The van der Waals surface area contributed by atoms with Gasteiger partial charge in [-0.3, -0.25) is 4.68 Å². The highest BCUT2D eigenvalue weighted by atomic mass is 15.3. The van der Waals surface area contributed by atoms with Crippen LogP contribution in [0.3, 0.4) is 0 Å². The van der Waals surface area contributed by atoms with Crippen molar-refractivity contribution in [1.29, 1.82) is 0 Å². The van der Waals surface area contributed by atoms with Crippen molar-refractivity contribution in [1.82, 2.24) is 20.1 Å². The van der Waals surface area contributed by atoms with Crippen molar-refractivity contribution in [2.24, 2.45) is 0 Å². The molecule has 0 aliphatic carbocycles. The van der Waals surface area contributed by atoms with Crippen molar-refractivity contribution in [3.63, 3.8) is 0 Å². The second kappa shape index (κ2) is 9.75. The normalized spacial score (nSPS) is 14.2. The first kappa shape index (κ1) is 21.7. The predicted molar refractivity (Wildman–Crippen MR) is 136 cm³/mol. The van der Waals surface area contributed by atoms with Gasteiger partial charge in [0.05, 0.1) is 17.8 Å². The molecule has 0 saturated carbocycles. The number of rotatable bonds is 7. The Morgan fingerprint density at radius 3 is 2.45 bits per heavy atom. The molecule has 5 heteroatoms. The highest BCUT2D eigenvalue weighted by molar-refractivity contribution is 5.81. The van der Waals surface area contributed by atoms with E-state index in [9.17, 15) is 0 Å². The van der Waals surface area contributed by atoms with Gasteiger partial charge in [0.1, 0.15) is 5.82 Å². The molecule has 0 atom stereocenters. The number of para-hydroxylation sites is 1. The Morgan fingerprint density at radius 2 is 1.64 bits per heavy atom. The molecular weight excluding hydrogens is 406 g/mol. The summed E-state index contributed by atoms with van der Waals surface area (Å²) >= 11 is 0. The molecule has 0 spiro atoms. The molecule has 1 aliphatic heterocycles. The van der Waals surface area contributed by atoms with Crippen molar-refractivity contribution in [2.45, 2.75) is 52.7 Å². The van der Waals surface area contributed by atoms with Gasteiger partial charge in [0.2, 0.25) is 0 Å². The van der Waals surface area contributed by atoms with E-state index in [1.54, 1.807) is 0 Å². The average molecular weight is 440 g/mol. The largest absolute Gasteiger partial charge is 0.356 e. The van der Waals surface area contributed by atoms with Gasteiger partial charge in [-0.2, -0.15) is 5.10 Å². The van der Waals surface area contributed by atoms with E-state index in [0.717, 1.165) is 49.8 Å². The average Bonchev–Trinajstić information content (AvgIpc) is 3.12. The van der Waals surface area contributed by atoms with E-state index < -0.39 is 0 Å². The lowest BCUT2D eigenvalue weighted by Crippen LogP contribution is -2.31. The molecule has 0 unspecified atom stereocenters. The van der Waals surface area contributed by atoms with E-state index in [1.807, 2.05) is 0 Å². The summed E-state index contributed by atoms with van der Waals surface area (Å²) in [6.07, 6.45) is 3.82. The summed E-state index contributed by atoms with van der Waals surface area (Å²) in [5.41, 5.74) is 7.26. The minimum Gasteiger partial charge on any atom is -0.356 e. The van der Waals surface area contributed by atoms with Gasteiger partial charge in [0.25, 0.3) is 0 Å². The molecule has 33 heavy (non-hydrogen) atoms. The standard InChI is InChI=1S/C28H33N5/c1-21-26(22(2)33(31-21)20-23-11-5-3-6-12-23)19-29-18-25-17-24-13-7-8-14-27(24)30-28(25)32-15-9-4-10-16-32/h3,5-8,11-14,17,29H,4,9-10,15-16,18-20H2,1-2H3. The number of aromatic nitrogens is 3. The highest BCUT2D eigenvalue weighted by Gasteiger charge is 2.18. The van der Waals surface area contributed by atoms with Crippen LogP contribution < -0.4 is 10.2 Å². The molecule has 5 rings (SSSR count). The lowest BCUT2D eigenvalue weighted by molar-refractivity contribution is 0.570. The number of nitrogens with one attached hydrogen (secondary N) is 1. The smallest absolute Gasteiger partial charge is 0.133 e. The maximum absolute atomic E-state index is 5.08. The number of pyridine rings is 1. The Kier molecular flexibility index (Phi) is 6.40. The van der Waals surface area contributed by atoms with E-state index in [-0.39, 0.29) is 0 Å².